The monoisotopic (exact) mass is 332 g/mol. The maximum Gasteiger partial charge on any atom is 0.314 e. The van der Waals surface area contributed by atoms with Gasteiger partial charge in [-0.15, -0.1) is 0 Å². The molecule has 2 amide bonds. The number of rotatable bonds is 8. The van der Waals surface area contributed by atoms with Gasteiger partial charge in [0.2, 0.25) is 0 Å². The second kappa shape index (κ2) is 9.85. The van der Waals surface area contributed by atoms with Crippen molar-refractivity contribution in [1.82, 2.24) is 10.6 Å². The third-order valence-electron chi connectivity index (χ3n) is 4.28. The first kappa shape index (κ1) is 18.2. The summed E-state index contributed by atoms with van der Waals surface area (Å²) in [5.74, 6) is 1.60. The van der Waals surface area contributed by atoms with Crippen LogP contribution in [0.4, 0.5) is 4.79 Å². The highest BCUT2D eigenvalue weighted by molar-refractivity contribution is 5.73. The average molecular weight is 332 g/mol. The van der Waals surface area contributed by atoms with E-state index in [1.54, 1.807) is 14.2 Å². The molecule has 0 radical (unpaired) electrons. The molecule has 2 rings (SSSR count). The molecular weight excluding hydrogens is 304 g/mol. The Kier molecular flexibility index (Phi) is 7.46. The van der Waals surface area contributed by atoms with Gasteiger partial charge in [-0.25, -0.2) is 4.79 Å². The van der Waals surface area contributed by atoms with E-state index in [9.17, 15) is 4.79 Å². The molecule has 0 heterocycles. The van der Waals surface area contributed by atoms with E-state index in [4.69, 9.17) is 9.47 Å². The zero-order valence-corrected chi connectivity index (χ0v) is 14.7. The molecule has 0 aliphatic heterocycles. The van der Waals surface area contributed by atoms with Gasteiger partial charge in [-0.3, -0.25) is 0 Å². The number of carbonyl (C=O) groups excluding carboxylic acids is 1. The molecule has 1 aromatic rings. The van der Waals surface area contributed by atoms with Gasteiger partial charge in [-0.05, 0) is 62.3 Å². The van der Waals surface area contributed by atoms with Gasteiger partial charge in [0.1, 0.15) is 11.5 Å². The van der Waals surface area contributed by atoms with Gasteiger partial charge in [-0.1, -0.05) is 11.6 Å². The summed E-state index contributed by atoms with van der Waals surface area (Å²) in [6.45, 7) is 1.25. The number of hydrogen-bond acceptors (Lipinski definition) is 3. The number of allylic oxidation sites excluding steroid dienone is 1. The number of methoxy groups -OCH3 is 2. The average Bonchev–Trinajstić information content (AvgIpc) is 2.62. The Morgan fingerprint density at radius 1 is 1.08 bits per heavy atom. The van der Waals surface area contributed by atoms with Crippen LogP contribution in [-0.2, 0) is 6.42 Å². The van der Waals surface area contributed by atoms with Gasteiger partial charge in [0.15, 0.2) is 0 Å². The molecule has 0 bridgehead atoms. The Morgan fingerprint density at radius 3 is 2.54 bits per heavy atom. The molecule has 0 saturated carbocycles. The highest BCUT2D eigenvalue weighted by atomic mass is 16.5. The van der Waals surface area contributed by atoms with Crippen molar-refractivity contribution in [3.05, 3.63) is 35.4 Å². The summed E-state index contributed by atoms with van der Waals surface area (Å²) in [4.78, 5) is 11.9. The van der Waals surface area contributed by atoms with Crippen LogP contribution >= 0.6 is 0 Å². The van der Waals surface area contributed by atoms with E-state index in [1.807, 2.05) is 18.2 Å². The SMILES string of the molecule is COc1ccc(OC)c(CCNC(=O)NCCC2=CCCCC2)c1. The van der Waals surface area contributed by atoms with Crippen LogP contribution < -0.4 is 20.1 Å². The molecular formula is C19H28N2O3. The number of hydrogen-bond donors (Lipinski definition) is 2. The van der Waals surface area contributed by atoms with Crippen LogP contribution in [0.2, 0.25) is 0 Å². The molecule has 1 aromatic carbocycles. The molecule has 0 aromatic heterocycles. The summed E-state index contributed by atoms with van der Waals surface area (Å²) in [6, 6.07) is 5.57. The van der Waals surface area contributed by atoms with Gasteiger partial charge in [0.05, 0.1) is 14.2 Å². The van der Waals surface area contributed by atoms with Crippen molar-refractivity contribution in [3.63, 3.8) is 0 Å². The topological polar surface area (TPSA) is 59.6 Å². The number of amides is 2. The molecule has 132 valence electrons. The smallest absolute Gasteiger partial charge is 0.314 e. The van der Waals surface area contributed by atoms with E-state index < -0.39 is 0 Å². The number of ether oxygens (including phenoxy) is 2. The quantitative estimate of drug-likeness (QED) is 0.717. The summed E-state index contributed by atoms with van der Waals surface area (Å²) in [5.41, 5.74) is 2.49. The van der Waals surface area contributed by atoms with Gasteiger partial charge in [0.25, 0.3) is 0 Å². The highest BCUT2D eigenvalue weighted by Crippen LogP contribution is 2.24. The zero-order chi connectivity index (χ0) is 17.2. The predicted octanol–water partition coefficient (Wildman–Crippen LogP) is 3.44. The van der Waals surface area contributed by atoms with E-state index >= 15 is 0 Å². The van der Waals surface area contributed by atoms with Crippen molar-refractivity contribution in [1.29, 1.82) is 0 Å². The molecule has 1 aliphatic rings. The second-order valence-electron chi connectivity index (χ2n) is 5.97. The van der Waals surface area contributed by atoms with Crippen molar-refractivity contribution in [2.45, 2.75) is 38.5 Å². The standard InChI is InChI=1S/C19H28N2O3/c1-23-17-8-9-18(24-2)16(14-17)11-13-21-19(22)20-12-10-15-6-4-3-5-7-15/h6,8-9,14H,3-5,7,10-13H2,1-2H3,(H2,20,21,22). The Hall–Kier alpha value is -2.17. The summed E-state index contributed by atoms with van der Waals surface area (Å²) >= 11 is 0. The first-order valence-electron chi connectivity index (χ1n) is 8.63. The molecule has 0 saturated heterocycles. The second-order valence-corrected chi connectivity index (χ2v) is 5.97. The fourth-order valence-electron chi connectivity index (χ4n) is 2.92. The molecule has 5 heteroatoms. The van der Waals surface area contributed by atoms with Crippen LogP contribution in [0.3, 0.4) is 0 Å². The van der Waals surface area contributed by atoms with Crippen molar-refractivity contribution < 1.29 is 14.3 Å². The summed E-state index contributed by atoms with van der Waals surface area (Å²) in [7, 11) is 3.28. The molecule has 1 aliphatic carbocycles. The summed E-state index contributed by atoms with van der Waals surface area (Å²) in [6.07, 6.45) is 8.91. The molecule has 0 spiro atoms. The Morgan fingerprint density at radius 2 is 1.88 bits per heavy atom. The lowest BCUT2D eigenvalue weighted by Crippen LogP contribution is -2.37. The Bertz CT molecular complexity index is 570. The normalized spacial score (nSPS) is 13.8. The summed E-state index contributed by atoms with van der Waals surface area (Å²) < 4.78 is 10.6. The molecule has 0 fully saturated rings. The van der Waals surface area contributed by atoms with Crippen LogP contribution in [0, 0.1) is 0 Å². The number of benzene rings is 1. The van der Waals surface area contributed by atoms with Crippen LogP contribution in [0.25, 0.3) is 0 Å². The number of nitrogens with one attached hydrogen (secondary N) is 2. The minimum absolute atomic E-state index is 0.117. The van der Waals surface area contributed by atoms with E-state index in [1.165, 1.54) is 31.3 Å². The van der Waals surface area contributed by atoms with Crippen LogP contribution in [0.1, 0.15) is 37.7 Å². The lowest BCUT2D eigenvalue weighted by atomic mass is 9.97. The zero-order valence-electron chi connectivity index (χ0n) is 14.7. The highest BCUT2D eigenvalue weighted by Gasteiger charge is 2.07. The van der Waals surface area contributed by atoms with Crippen LogP contribution in [-0.4, -0.2) is 33.3 Å². The lowest BCUT2D eigenvalue weighted by molar-refractivity contribution is 0.241. The third kappa shape index (κ3) is 5.80. The maximum atomic E-state index is 11.9. The van der Waals surface area contributed by atoms with E-state index in [2.05, 4.69) is 16.7 Å². The molecule has 0 unspecified atom stereocenters. The molecule has 24 heavy (non-hydrogen) atoms. The Labute approximate surface area is 144 Å². The minimum atomic E-state index is -0.117. The lowest BCUT2D eigenvalue weighted by Gasteiger charge is -2.14. The number of carbonyl (C=O) groups is 1. The fourth-order valence-corrected chi connectivity index (χ4v) is 2.92. The predicted molar refractivity (Wildman–Crippen MR) is 95.8 cm³/mol. The van der Waals surface area contributed by atoms with Gasteiger partial charge in [-0.2, -0.15) is 0 Å². The summed E-state index contributed by atoms with van der Waals surface area (Å²) in [5, 5.41) is 5.81. The van der Waals surface area contributed by atoms with Gasteiger partial charge in [0, 0.05) is 13.1 Å². The van der Waals surface area contributed by atoms with Gasteiger partial charge < -0.3 is 20.1 Å². The van der Waals surface area contributed by atoms with E-state index in [-0.39, 0.29) is 6.03 Å². The van der Waals surface area contributed by atoms with Crippen molar-refractivity contribution in [2.75, 3.05) is 27.3 Å². The molecule has 5 nitrogen and oxygen atoms in total. The van der Waals surface area contributed by atoms with Gasteiger partial charge >= 0.3 is 6.03 Å². The van der Waals surface area contributed by atoms with Crippen LogP contribution in [0.5, 0.6) is 11.5 Å². The third-order valence-corrected chi connectivity index (χ3v) is 4.28. The van der Waals surface area contributed by atoms with Crippen molar-refractivity contribution in [3.8, 4) is 11.5 Å². The molecule has 2 N–H and O–H groups in total. The van der Waals surface area contributed by atoms with Crippen molar-refractivity contribution >= 4 is 6.03 Å². The van der Waals surface area contributed by atoms with Crippen LogP contribution in [0.15, 0.2) is 29.8 Å². The largest absolute Gasteiger partial charge is 0.497 e. The van der Waals surface area contributed by atoms with E-state index in [0.717, 1.165) is 23.5 Å². The Balaban J connectivity index is 1.69. The minimum Gasteiger partial charge on any atom is -0.497 e. The molecule has 0 atom stereocenters. The first-order chi connectivity index (χ1) is 11.7. The van der Waals surface area contributed by atoms with Crippen molar-refractivity contribution in [2.24, 2.45) is 0 Å². The fraction of sp³-hybridized carbons (Fsp3) is 0.526. The first-order valence-corrected chi connectivity index (χ1v) is 8.63. The maximum absolute atomic E-state index is 11.9. The number of urea groups is 1. The van der Waals surface area contributed by atoms with E-state index in [0.29, 0.717) is 19.5 Å².